The van der Waals surface area contributed by atoms with Crippen LogP contribution in [0.4, 0.5) is 5.69 Å². The molecular weight excluding hydrogens is 244 g/mol. The van der Waals surface area contributed by atoms with Crippen molar-refractivity contribution in [2.24, 2.45) is 0 Å². The summed E-state index contributed by atoms with van der Waals surface area (Å²) < 4.78 is 5.06. The minimum absolute atomic E-state index is 0.0349. The van der Waals surface area contributed by atoms with Crippen LogP contribution in [0, 0.1) is 0 Å². The second kappa shape index (κ2) is 5.01. The summed E-state index contributed by atoms with van der Waals surface area (Å²) in [6, 6.07) is 5.25. The highest BCUT2D eigenvalue weighted by molar-refractivity contribution is 6.02. The van der Waals surface area contributed by atoms with Crippen molar-refractivity contribution >= 4 is 17.5 Å². The molecule has 19 heavy (non-hydrogen) atoms. The lowest BCUT2D eigenvalue weighted by molar-refractivity contribution is -0.115. The molecule has 1 aromatic carbocycles. The van der Waals surface area contributed by atoms with Crippen molar-refractivity contribution in [2.45, 2.75) is 25.8 Å². The van der Waals surface area contributed by atoms with Gasteiger partial charge in [0.05, 0.1) is 18.6 Å². The van der Waals surface area contributed by atoms with Crippen LogP contribution in [0.2, 0.25) is 0 Å². The maximum absolute atomic E-state index is 12.1. The van der Waals surface area contributed by atoms with E-state index in [2.05, 4.69) is 10.6 Å². The lowest BCUT2D eigenvalue weighted by atomic mass is 10.0. The second-order valence-corrected chi connectivity index (χ2v) is 5.37. The van der Waals surface area contributed by atoms with Crippen molar-refractivity contribution in [2.75, 3.05) is 19.0 Å². The highest BCUT2D eigenvalue weighted by Gasteiger charge is 2.23. The summed E-state index contributed by atoms with van der Waals surface area (Å²) in [6.45, 7) is 4.22. The molecule has 0 aromatic heterocycles. The highest BCUT2D eigenvalue weighted by Crippen LogP contribution is 2.24. The molecule has 0 aliphatic carbocycles. The fourth-order valence-electron chi connectivity index (χ4n) is 2.13. The standard InChI is InChI=1S/C14H18N2O3/c1-14(2,8-19-3)16-13(18)10-5-4-9-7-12(17)15-11(9)6-10/h4-6H,7-8H2,1-3H3,(H,15,17)(H,16,18). The number of amides is 2. The molecule has 2 amide bonds. The van der Waals surface area contributed by atoms with Crippen LogP contribution in [0.5, 0.6) is 0 Å². The first-order chi connectivity index (χ1) is 8.91. The number of carbonyl (C=O) groups excluding carboxylic acids is 2. The molecule has 0 saturated carbocycles. The van der Waals surface area contributed by atoms with E-state index in [1.807, 2.05) is 19.9 Å². The van der Waals surface area contributed by atoms with Gasteiger partial charge in [-0.1, -0.05) is 6.07 Å². The van der Waals surface area contributed by atoms with Gasteiger partial charge in [-0.15, -0.1) is 0 Å². The number of nitrogens with one attached hydrogen (secondary N) is 2. The molecule has 0 radical (unpaired) electrons. The predicted molar refractivity (Wildman–Crippen MR) is 72.2 cm³/mol. The van der Waals surface area contributed by atoms with Gasteiger partial charge in [-0.3, -0.25) is 9.59 Å². The average molecular weight is 262 g/mol. The fourth-order valence-corrected chi connectivity index (χ4v) is 2.13. The monoisotopic (exact) mass is 262 g/mol. The Kier molecular flexibility index (Phi) is 3.57. The first-order valence-corrected chi connectivity index (χ1v) is 6.15. The van der Waals surface area contributed by atoms with Crippen LogP contribution >= 0.6 is 0 Å². The molecule has 0 saturated heterocycles. The fraction of sp³-hybridized carbons (Fsp3) is 0.429. The van der Waals surface area contributed by atoms with Crippen LogP contribution in [0.15, 0.2) is 18.2 Å². The van der Waals surface area contributed by atoms with E-state index in [1.165, 1.54) is 0 Å². The smallest absolute Gasteiger partial charge is 0.251 e. The van der Waals surface area contributed by atoms with E-state index in [0.29, 0.717) is 18.6 Å². The summed E-state index contributed by atoms with van der Waals surface area (Å²) in [4.78, 5) is 23.4. The molecule has 2 rings (SSSR count). The predicted octanol–water partition coefficient (Wildman–Crippen LogP) is 1.34. The van der Waals surface area contributed by atoms with Crippen LogP contribution in [0.3, 0.4) is 0 Å². The molecule has 0 bridgehead atoms. The molecule has 0 unspecified atom stereocenters. The van der Waals surface area contributed by atoms with Gasteiger partial charge in [0.1, 0.15) is 0 Å². The number of benzene rings is 1. The van der Waals surface area contributed by atoms with Crippen LogP contribution < -0.4 is 10.6 Å². The quantitative estimate of drug-likeness (QED) is 0.860. The molecule has 102 valence electrons. The van der Waals surface area contributed by atoms with Gasteiger partial charge in [-0.2, -0.15) is 0 Å². The summed E-state index contributed by atoms with van der Waals surface area (Å²) >= 11 is 0. The van der Waals surface area contributed by atoms with E-state index in [4.69, 9.17) is 4.74 Å². The number of carbonyl (C=O) groups is 2. The third-order valence-electron chi connectivity index (χ3n) is 2.95. The van der Waals surface area contributed by atoms with E-state index >= 15 is 0 Å². The second-order valence-electron chi connectivity index (χ2n) is 5.37. The minimum Gasteiger partial charge on any atom is -0.382 e. The van der Waals surface area contributed by atoms with Gasteiger partial charge in [0.2, 0.25) is 5.91 Å². The number of anilines is 1. The maximum Gasteiger partial charge on any atom is 0.251 e. The third kappa shape index (κ3) is 3.12. The Labute approximate surface area is 112 Å². The number of rotatable bonds is 4. The van der Waals surface area contributed by atoms with Gasteiger partial charge >= 0.3 is 0 Å². The summed E-state index contributed by atoms with van der Waals surface area (Å²) in [5, 5.41) is 5.64. The molecule has 1 heterocycles. The van der Waals surface area contributed by atoms with Crippen molar-refractivity contribution < 1.29 is 14.3 Å². The SMILES string of the molecule is COCC(C)(C)NC(=O)c1ccc2c(c1)NC(=O)C2. The van der Waals surface area contributed by atoms with Crippen LogP contribution in [-0.4, -0.2) is 31.1 Å². The van der Waals surface area contributed by atoms with Crippen LogP contribution in [0.1, 0.15) is 29.8 Å². The van der Waals surface area contributed by atoms with E-state index < -0.39 is 5.54 Å². The van der Waals surface area contributed by atoms with Crippen molar-refractivity contribution in [1.29, 1.82) is 0 Å². The molecule has 0 atom stereocenters. The summed E-state index contributed by atoms with van der Waals surface area (Å²) in [6.07, 6.45) is 0.381. The molecule has 5 nitrogen and oxygen atoms in total. The lowest BCUT2D eigenvalue weighted by Crippen LogP contribution is -2.46. The van der Waals surface area contributed by atoms with Crippen molar-refractivity contribution in [3.05, 3.63) is 29.3 Å². The maximum atomic E-state index is 12.1. The Morgan fingerprint density at radius 1 is 1.47 bits per heavy atom. The molecule has 1 aliphatic rings. The van der Waals surface area contributed by atoms with Crippen LogP contribution in [-0.2, 0) is 16.0 Å². The first-order valence-electron chi connectivity index (χ1n) is 6.15. The summed E-state index contributed by atoms with van der Waals surface area (Å²) in [5.41, 5.74) is 1.75. The Balaban J connectivity index is 2.13. The zero-order valence-corrected chi connectivity index (χ0v) is 11.4. The topological polar surface area (TPSA) is 67.4 Å². The van der Waals surface area contributed by atoms with E-state index in [-0.39, 0.29) is 11.8 Å². The largest absolute Gasteiger partial charge is 0.382 e. The zero-order valence-electron chi connectivity index (χ0n) is 11.4. The molecule has 2 N–H and O–H groups in total. The lowest BCUT2D eigenvalue weighted by Gasteiger charge is -2.25. The van der Waals surface area contributed by atoms with Gasteiger partial charge in [0.25, 0.3) is 5.91 Å². The summed E-state index contributed by atoms with van der Waals surface area (Å²) in [7, 11) is 1.60. The van der Waals surface area contributed by atoms with E-state index in [1.54, 1.807) is 19.2 Å². The number of ether oxygens (including phenoxy) is 1. The van der Waals surface area contributed by atoms with Gasteiger partial charge < -0.3 is 15.4 Å². The van der Waals surface area contributed by atoms with Crippen molar-refractivity contribution in [1.82, 2.24) is 5.32 Å². The number of methoxy groups -OCH3 is 1. The number of fused-ring (bicyclic) bond motifs is 1. The number of hydrogen-bond acceptors (Lipinski definition) is 3. The van der Waals surface area contributed by atoms with Gasteiger partial charge in [0, 0.05) is 18.4 Å². The number of hydrogen-bond donors (Lipinski definition) is 2. The molecular formula is C14H18N2O3. The van der Waals surface area contributed by atoms with E-state index in [0.717, 1.165) is 11.3 Å². The minimum atomic E-state index is -0.436. The Morgan fingerprint density at radius 2 is 2.21 bits per heavy atom. The molecule has 0 fully saturated rings. The third-order valence-corrected chi connectivity index (χ3v) is 2.95. The Morgan fingerprint density at radius 3 is 2.89 bits per heavy atom. The Hall–Kier alpha value is -1.88. The zero-order chi connectivity index (χ0) is 14.0. The normalized spacial score (nSPS) is 13.9. The molecule has 1 aliphatic heterocycles. The highest BCUT2D eigenvalue weighted by atomic mass is 16.5. The van der Waals surface area contributed by atoms with Crippen LogP contribution in [0.25, 0.3) is 0 Å². The molecule has 0 spiro atoms. The summed E-state index contributed by atoms with van der Waals surface area (Å²) in [5.74, 6) is -0.210. The molecule has 1 aromatic rings. The van der Waals surface area contributed by atoms with Crippen molar-refractivity contribution in [3.63, 3.8) is 0 Å². The molecule has 5 heteroatoms. The van der Waals surface area contributed by atoms with Gasteiger partial charge in [-0.25, -0.2) is 0 Å². The van der Waals surface area contributed by atoms with E-state index in [9.17, 15) is 9.59 Å². The Bertz CT molecular complexity index is 523. The average Bonchev–Trinajstić information content (AvgIpc) is 2.66. The van der Waals surface area contributed by atoms with Gasteiger partial charge in [0.15, 0.2) is 0 Å². The first kappa shape index (κ1) is 13.5. The van der Waals surface area contributed by atoms with Gasteiger partial charge in [-0.05, 0) is 31.5 Å². The van der Waals surface area contributed by atoms with Crippen molar-refractivity contribution in [3.8, 4) is 0 Å².